The largest absolute Gasteiger partial charge is 0.481 e. The predicted molar refractivity (Wildman–Crippen MR) is 81.0 cm³/mol. The Morgan fingerprint density at radius 3 is 2.05 bits per heavy atom. The summed E-state index contributed by atoms with van der Waals surface area (Å²) in [6, 6.07) is -0.342. The fourth-order valence-corrected chi connectivity index (χ4v) is 3.67. The second-order valence-corrected chi connectivity index (χ2v) is 7.68. The van der Waals surface area contributed by atoms with Crippen molar-refractivity contribution >= 4 is 12.0 Å². The van der Waals surface area contributed by atoms with Crippen LogP contribution in [0.15, 0.2) is 0 Å². The molecule has 2 saturated carbocycles. The van der Waals surface area contributed by atoms with Crippen molar-refractivity contribution in [3.63, 3.8) is 0 Å². The molecule has 0 saturated heterocycles. The third-order valence-corrected chi connectivity index (χ3v) is 5.95. The van der Waals surface area contributed by atoms with Gasteiger partial charge in [-0.3, -0.25) is 4.79 Å². The van der Waals surface area contributed by atoms with Gasteiger partial charge in [-0.1, -0.05) is 47.0 Å². The average Bonchev–Trinajstić information content (AvgIpc) is 2.87. The molecule has 120 valence electrons. The molecule has 0 aromatic heterocycles. The zero-order chi connectivity index (χ0) is 15.8. The summed E-state index contributed by atoms with van der Waals surface area (Å²) < 4.78 is 0. The molecule has 2 unspecified atom stereocenters. The van der Waals surface area contributed by atoms with Crippen LogP contribution in [-0.2, 0) is 4.79 Å². The van der Waals surface area contributed by atoms with Crippen molar-refractivity contribution in [3.05, 3.63) is 0 Å². The van der Waals surface area contributed by atoms with Crippen molar-refractivity contribution in [2.75, 3.05) is 0 Å². The van der Waals surface area contributed by atoms with E-state index in [9.17, 15) is 14.7 Å². The third-order valence-electron chi connectivity index (χ3n) is 5.95. The minimum atomic E-state index is -0.797. The van der Waals surface area contributed by atoms with E-state index in [-0.39, 0.29) is 28.9 Å². The van der Waals surface area contributed by atoms with Crippen molar-refractivity contribution in [3.8, 4) is 0 Å². The normalized spacial score (nSPS) is 31.0. The molecule has 0 aromatic rings. The minimum absolute atomic E-state index is 0.0833. The topological polar surface area (TPSA) is 78.4 Å². The Hall–Kier alpha value is -1.26. The molecule has 5 heteroatoms. The van der Waals surface area contributed by atoms with Crippen molar-refractivity contribution in [2.45, 2.75) is 71.9 Å². The highest BCUT2D eigenvalue weighted by molar-refractivity contribution is 5.77. The molecule has 0 aromatic carbocycles. The maximum atomic E-state index is 12.2. The van der Waals surface area contributed by atoms with Crippen molar-refractivity contribution in [1.29, 1.82) is 0 Å². The Morgan fingerprint density at radius 1 is 0.952 bits per heavy atom. The van der Waals surface area contributed by atoms with E-state index >= 15 is 0 Å². The molecule has 0 aliphatic heterocycles. The lowest BCUT2D eigenvalue weighted by Crippen LogP contribution is -2.48. The Labute approximate surface area is 126 Å². The van der Waals surface area contributed by atoms with E-state index in [1.165, 1.54) is 0 Å². The van der Waals surface area contributed by atoms with E-state index < -0.39 is 11.9 Å². The van der Waals surface area contributed by atoms with E-state index in [0.717, 1.165) is 25.7 Å². The van der Waals surface area contributed by atoms with E-state index in [0.29, 0.717) is 6.42 Å². The molecule has 0 radical (unpaired) electrons. The first-order valence-electron chi connectivity index (χ1n) is 7.98. The molecule has 2 fully saturated rings. The summed E-state index contributed by atoms with van der Waals surface area (Å²) in [5, 5.41) is 15.3. The molecule has 2 aliphatic rings. The first-order valence-corrected chi connectivity index (χ1v) is 7.98. The summed E-state index contributed by atoms with van der Waals surface area (Å²) in [6.07, 6.45) is 4.36. The van der Waals surface area contributed by atoms with Gasteiger partial charge < -0.3 is 15.7 Å². The second kappa shape index (κ2) is 5.50. The van der Waals surface area contributed by atoms with Crippen LogP contribution < -0.4 is 10.6 Å². The molecule has 3 N–H and O–H groups in total. The van der Waals surface area contributed by atoms with Crippen LogP contribution in [0.3, 0.4) is 0 Å². The molecule has 2 amide bonds. The molecule has 5 nitrogen and oxygen atoms in total. The number of urea groups is 1. The molecular weight excluding hydrogens is 268 g/mol. The molecule has 0 bridgehead atoms. The quantitative estimate of drug-likeness (QED) is 0.701. The Balaban J connectivity index is 1.93. The molecule has 21 heavy (non-hydrogen) atoms. The maximum absolute atomic E-state index is 12.2. The first kappa shape index (κ1) is 16.1. The molecule has 0 spiro atoms. The van der Waals surface area contributed by atoms with Crippen LogP contribution >= 0.6 is 0 Å². The van der Waals surface area contributed by atoms with Crippen LogP contribution in [0.2, 0.25) is 0 Å². The van der Waals surface area contributed by atoms with Gasteiger partial charge in [-0.15, -0.1) is 0 Å². The van der Waals surface area contributed by atoms with Gasteiger partial charge in [0.05, 0.1) is 5.92 Å². The number of amides is 2. The fraction of sp³-hybridized carbons (Fsp3) is 0.875. The number of rotatable bonds is 3. The molecule has 2 rings (SSSR count). The van der Waals surface area contributed by atoms with Crippen LogP contribution in [0.25, 0.3) is 0 Å². The van der Waals surface area contributed by atoms with Crippen LogP contribution in [0.1, 0.15) is 59.8 Å². The summed E-state index contributed by atoms with van der Waals surface area (Å²) in [5.41, 5.74) is 0.167. The lowest BCUT2D eigenvalue weighted by atomic mass is 9.95. The summed E-state index contributed by atoms with van der Waals surface area (Å²) in [6.45, 7) is 8.57. The monoisotopic (exact) mass is 296 g/mol. The Bertz CT molecular complexity index is 417. The second-order valence-electron chi connectivity index (χ2n) is 7.68. The highest BCUT2D eigenvalue weighted by atomic mass is 16.4. The Kier molecular flexibility index (Phi) is 4.22. The van der Waals surface area contributed by atoms with Gasteiger partial charge >= 0.3 is 12.0 Å². The first-order chi connectivity index (χ1) is 9.68. The summed E-state index contributed by atoms with van der Waals surface area (Å²) in [5.74, 6) is -1.26. The zero-order valence-electron chi connectivity index (χ0n) is 13.5. The van der Waals surface area contributed by atoms with Gasteiger partial charge in [-0.2, -0.15) is 0 Å². The SMILES string of the molecule is CC1(C)C(NC(=O)NC2CCCCCC2C(=O)O)C1(C)C. The van der Waals surface area contributed by atoms with Crippen LogP contribution in [0.4, 0.5) is 4.79 Å². The standard InChI is InChI=1S/C16H28N2O3/c1-15(2)13(16(15,3)4)18-14(21)17-11-9-7-5-6-8-10(11)12(19)20/h10-11,13H,5-9H2,1-4H3,(H,19,20)(H2,17,18,21). The van der Waals surface area contributed by atoms with Crippen LogP contribution in [0, 0.1) is 16.7 Å². The van der Waals surface area contributed by atoms with E-state index in [4.69, 9.17) is 0 Å². The fourth-order valence-electron chi connectivity index (χ4n) is 3.67. The highest BCUT2D eigenvalue weighted by Crippen LogP contribution is 2.62. The summed E-state index contributed by atoms with van der Waals surface area (Å²) >= 11 is 0. The van der Waals surface area contributed by atoms with E-state index in [1.54, 1.807) is 0 Å². The molecule has 2 aliphatic carbocycles. The molecule has 0 heterocycles. The zero-order valence-corrected chi connectivity index (χ0v) is 13.5. The lowest BCUT2D eigenvalue weighted by Gasteiger charge is -2.23. The van der Waals surface area contributed by atoms with Crippen molar-refractivity contribution in [1.82, 2.24) is 10.6 Å². The predicted octanol–water partition coefficient (Wildman–Crippen LogP) is 2.75. The number of carboxylic acids is 1. The smallest absolute Gasteiger partial charge is 0.315 e. The van der Waals surface area contributed by atoms with E-state index in [2.05, 4.69) is 38.3 Å². The minimum Gasteiger partial charge on any atom is -0.481 e. The van der Waals surface area contributed by atoms with Gasteiger partial charge in [-0.25, -0.2) is 4.79 Å². The van der Waals surface area contributed by atoms with Gasteiger partial charge in [0.25, 0.3) is 0 Å². The van der Waals surface area contributed by atoms with Gasteiger partial charge in [0, 0.05) is 12.1 Å². The van der Waals surface area contributed by atoms with Crippen molar-refractivity contribution < 1.29 is 14.7 Å². The molecule has 2 atom stereocenters. The van der Waals surface area contributed by atoms with Gasteiger partial charge in [0.1, 0.15) is 0 Å². The average molecular weight is 296 g/mol. The number of carbonyl (C=O) groups is 2. The Morgan fingerprint density at radius 2 is 1.52 bits per heavy atom. The number of carboxylic acid groups (broad SMARTS) is 1. The number of nitrogens with one attached hydrogen (secondary N) is 2. The third kappa shape index (κ3) is 3.01. The number of aliphatic carboxylic acids is 1. The van der Waals surface area contributed by atoms with E-state index in [1.807, 2.05) is 0 Å². The lowest BCUT2D eigenvalue weighted by molar-refractivity contribution is -0.142. The summed E-state index contributed by atoms with van der Waals surface area (Å²) in [4.78, 5) is 23.6. The molecular formula is C16H28N2O3. The van der Waals surface area contributed by atoms with Crippen LogP contribution in [0.5, 0.6) is 0 Å². The van der Waals surface area contributed by atoms with Crippen LogP contribution in [-0.4, -0.2) is 29.2 Å². The number of hydrogen-bond acceptors (Lipinski definition) is 2. The van der Waals surface area contributed by atoms with Crippen molar-refractivity contribution in [2.24, 2.45) is 16.7 Å². The van der Waals surface area contributed by atoms with Gasteiger partial charge in [0.15, 0.2) is 0 Å². The van der Waals surface area contributed by atoms with Gasteiger partial charge in [-0.05, 0) is 23.7 Å². The van der Waals surface area contributed by atoms with Gasteiger partial charge in [0.2, 0.25) is 0 Å². The summed E-state index contributed by atoms with van der Waals surface area (Å²) in [7, 11) is 0. The maximum Gasteiger partial charge on any atom is 0.315 e. The highest BCUT2D eigenvalue weighted by Gasteiger charge is 2.65. The number of carbonyl (C=O) groups excluding carboxylic acids is 1. The number of hydrogen-bond donors (Lipinski definition) is 3.